The van der Waals surface area contributed by atoms with E-state index in [2.05, 4.69) is 16.8 Å². The van der Waals surface area contributed by atoms with E-state index in [0.717, 1.165) is 37.1 Å². The Kier molecular flexibility index (Phi) is 5.67. The standard InChI is InChI=1S/C24H30ClN3O2/c1-24(2,3)28(23(30)17-7-4-8-17)16-21(29)27-14-13-26-12-6-11-20(26)22(27)18-9-5-10-19(25)15-18/h5-6,9-12,15,17,22H,4,7-8,13-14,16H2,1-3H3/t22-/m0/s1. The van der Waals surface area contributed by atoms with E-state index >= 15 is 0 Å². The lowest BCUT2D eigenvalue weighted by molar-refractivity contribution is -0.150. The van der Waals surface area contributed by atoms with Crippen LogP contribution in [0.3, 0.4) is 0 Å². The molecule has 2 heterocycles. The molecule has 0 unspecified atom stereocenters. The zero-order chi connectivity index (χ0) is 21.5. The minimum Gasteiger partial charge on any atom is -0.348 e. The van der Waals surface area contributed by atoms with E-state index < -0.39 is 5.54 Å². The first kappa shape index (κ1) is 21.0. The van der Waals surface area contributed by atoms with Crippen LogP contribution in [-0.2, 0) is 16.1 Å². The molecule has 1 fully saturated rings. The minimum absolute atomic E-state index is 0.0185. The molecular formula is C24H30ClN3O2. The Morgan fingerprint density at radius 3 is 2.53 bits per heavy atom. The molecule has 1 saturated carbocycles. The van der Waals surface area contributed by atoms with Crippen molar-refractivity contribution in [2.24, 2.45) is 5.92 Å². The van der Waals surface area contributed by atoms with Gasteiger partial charge in [-0.05, 0) is 63.4 Å². The van der Waals surface area contributed by atoms with Crippen LogP contribution < -0.4 is 0 Å². The number of carbonyl (C=O) groups is 2. The largest absolute Gasteiger partial charge is 0.348 e. The summed E-state index contributed by atoms with van der Waals surface area (Å²) in [6.45, 7) is 7.48. The number of fused-ring (bicyclic) bond motifs is 1. The first-order chi connectivity index (χ1) is 14.3. The molecule has 6 heteroatoms. The molecule has 2 amide bonds. The van der Waals surface area contributed by atoms with Gasteiger partial charge in [0, 0.05) is 41.5 Å². The fraction of sp³-hybridized carbons (Fsp3) is 0.500. The van der Waals surface area contributed by atoms with Crippen molar-refractivity contribution < 1.29 is 9.59 Å². The normalized spacial score (nSPS) is 19.2. The van der Waals surface area contributed by atoms with Crippen LogP contribution in [0.2, 0.25) is 5.02 Å². The predicted molar refractivity (Wildman–Crippen MR) is 118 cm³/mol. The van der Waals surface area contributed by atoms with Crippen LogP contribution in [0, 0.1) is 5.92 Å². The molecule has 0 bridgehead atoms. The summed E-state index contributed by atoms with van der Waals surface area (Å²) in [6, 6.07) is 11.6. The summed E-state index contributed by atoms with van der Waals surface area (Å²) in [6.07, 6.45) is 5.02. The average molecular weight is 428 g/mol. The summed E-state index contributed by atoms with van der Waals surface area (Å²) in [4.78, 5) is 30.3. The molecule has 30 heavy (non-hydrogen) atoms. The summed E-state index contributed by atoms with van der Waals surface area (Å²) in [5, 5.41) is 0.653. The third-order valence-corrected chi connectivity index (χ3v) is 6.58. The van der Waals surface area contributed by atoms with Gasteiger partial charge in [-0.3, -0.25) is 9.59 Å². The van der Waals surface area contributed by atoms with Gasteiger partial charge in [0.15, 0.2) is 0 Å². The summed E-state index contributed by atoms with van der Waals surface area (Å²) in [5.74, 6) is 0.163. The fourth-order valence-electron chi connectivity index (χ4n) is 4.43. The van der Waals surface area contributed by atoms with E-state index in [1.807, 2.05) is 56.0 Å². The minimum atomic E-state index is -0.399. The second kappa shape index (κ2) is 8.10. The van der Waals surface area contributed by atoms with E-state index in [4.69, 9.17) is 11.6 Å². The van der Waals surface area contributed by atoms with E-state index in [-0.39, 0.29) is 30.3 Å². The number of halogens is 1. The third-order valence-electron chi connectivity index (χ3n) is 6.35. The first-order valence-corrected chi connectivity index (χ1v) is 11.1. The predicted octanol–water partition coefficient (Wildman–Crippen LogP) is 4.50. The van der Waals surface area contributed by atoms with Crippen molar-refractivity contribution in [2.45, 2.75) is 58.2 Å². The Morgan fingerprint density at radius 2 is 1.90 bits per heavy atom. The zero-order valence-corrected chi connectivity index (χ0v) is 18.7. The first-order valence-electron chi connectivity index (χ1n) is 10.8. The van der Waals surface area contributed by atoms with Gasteiger partial charge in [0.25, 0.3) is 0 Å². The molecule has 2 aliphatic rings. The van der Waals surface area contributed by atoms with E-state index in [1.54, 1.807) is 4.90 Å². The van der Waals surface area contributed by atoms with Crippen molar-refractivity contribution in [1.29, 1.82) is 0 Å². The van der Waals surface area contributed by atoms with Crippen LogP contribution in [0.15, 0.2) is 42.6 Å². The highest BCUT2D eigenvalue weighted by atomic mass is 35.5. The average Bonchev–Trinajstić information content (AvgIpc) is 3.11. The second-order valence-corrected chi connectivity index (χ2v) is 9.83. The number of carbonyl (C=O) groups excluding carboxylic acids is 2. The summed E-state index contributed by atoms with van der Waals surface area (Å²) in [5.41, 5.74) is 1.66. The van der Waals surface area contributed by atoms with Gasteiger partial charge >= 0.3 is 0 Å². The number of aromatic nitrogens is 1. The van der Waals surface area contributed by atoms with Gasteiger partial charge in [-0.15, -0.1) is 0 Å². The molecule has 160 valence electrons. The smallest absolute Gasteiger partial charge is 0.243 e. The second-order valence-electron chi connectivity index (χ2n) is 9.39. The molecule has 0 spiro atoms. The van der Waals surface area contributed by atoms with Crippen molar-refractivity contribution in [3.05, 3.63) is 58.9 Å². The van der Waals surface area contributed by atoms with Crippen LogP contribution in [0.4, 0.5) is 0 Å². The molecule has 0 saturated heterocycles. The third kappa shape index (κ3) is 4.00. The molecule has 1 aliphatic heterocycles. The zero-order valence-electron chi connectivity index (χ0n) is 18.0. The van der Waals surface area contributed by atoms with Crippen molar-refractivity contribution in [2.75, 3.05) is 13.1 Å². The Labute approximate surface area is 183 Å². The molecule has 1 aliphatic carbocycles. The van der Waals surface area contributed by atoms with Crippen LogP contribution in [0.5, 0.6) is 0 Å². The number of benzene rings is 1. The number of amides is 2. The van der Waals surface area contributed by atoms with Crippen LogP contribution in [-0.4, -0.2) is 44.8 Å². The Bertz CT molecular complexity index is 942. The maximum atomic E-state index is 13.6. The Balaban J connectivity index is 1.63. The van der Waals surface area contributed by atoms with E-state index in [0.29, 0.717) is 11.6 Å². The molecule has 0 N–H and O–H groups in total. The lowest BCUT2D eigenvalue weighted by Crippen LogP contribution is -2.55. The monoisotopic (exact) mass is 427 g/mol. The summed E-state index contributed by atoms with van der Waals surface area (Å²) in [7, 11) is 0. The van der Waals surface area contributed by atoms with Crippen molar-refractivity contribution >= 4 is 23.4 Å². The number of hydrogen-bond acceptors (Lipinski definition) is 2. The van der Waals surface area contributed by atoms with Gasteiger partial charge in [-0.1, -0.05) is 30.2 Å². The lowest BCUT2D eigenvalue weighted by Gasteiger charge is -2.43. The summed E-state index contributed by atoms with van der Waals surface area (Å²) >= 11 is 6.27. The molecule has 0 radical (unpaired) electrons. The van der Waals surface area contributed by atoms with Gasteiger partial charge in [0.2, 0.25) is 11.8 Å². The topological polar surface area (TPSA) is 45.6 Å². The van der Waals surface area contributed by atoms with Gasteiger partial charge in [0.1, 0.15) is 6.54 Å². The number of rotatable bonds is 4. The molecule has 5 nitrogen and oxygen atoms in total. The Morgan fingerprint density at radius 1 is 1.13 bits per heavy atom. The van der Waals surface area contributed by atoms with Crippen molar-refractivity contribution in [3.8, 4) is 0 Å². The van der Waals surface area contributed by atoms with E-state index in [9.17, 15) is 9.59 Å². The molecule has 1 atom stereocenters. The van der Waals surface area contributed by atoms with Crippen LogP contribution in [0.25, 0.3) is 0 Å². The molecule has 1 aromatic carbocycles. The van der Waals surface area contributed by atoms with Crippen LogP contribution >= 0.6 is 11.6 Å². The van der Waals surface area contributed by atoms with E-state index in [1.165, 1.54) is 0 Å². The highest BCUT2D eigenvalue weighted by molar-refractivity contribution is 6.30. The van der Waals surface area contributed by atoms with Gasteiger partial charge < -0.3 is 14.4 Å². The van der Waals surface area contributed by atoms with Crippen LogP contribution in [0.1, 0.15) is 57.3 Å². The summed E-state index contributed by atoms with van der Waals surface area (Å²) < 4.78 is 2.19. The number of nitrogens with zero attached hydrogens (tertiary/aromatic N) is 3. The highest BCUT2D eigenvalue weighted by Crippen LogP contribution is 2.35. The van der Waals surface area contributed by atoms with Gasteiger partial charge in [-0.25, -0.2) is 0 Å². The maximum Gasteiger partial charge on any atom is 0.243 e. The number of hydrogen-bond donors (Lipinski definition) is 0. The molecule has 4 rings (SSSR count). The SMILES string of the molecule is CC(C)(C)N(CC(=O)N1CCn2cccc2[C@@H]1c1cccc(Cl)c1)C(=O)C1CCC1. The maximum absolute atomic E-state index is 13.6. The van der Waals surface area contributed by atoms with Gasteiger partial charge in [-0.2, -0.15) is 0 Å². The van der Waals surface area contributed by atoms with Crippen molar-refractivity contribution in [1.82, 2.24) is 14.4 Å². The van der Waals surface area contributed by atoms with Gasteiger partial charge in [0.05, 0.1) is 6.04 Å². The quantitative estimate of drug-likeness (QED) is 0.721. The fourth-order valence-corrected chi connectivity index (χ4v) is 4.63. The molecule has 2 aromatic rings. The Hall–Kier alpha value is -2.27. The van der Waals surface area contributed by atoms with Crippen molar-refractivity contribution in [3.63, 3.8) is 0 Å². The highest BCUT2D eigenvalue weighted by Gasteiger charge is 2.39. The lowest BCUT2D eigenvalue weighted by atomic mass is 9.83. The molecular weight excluding hydrogens is 398 g/mol. The molecule has 1 aromatic heterocycles.